The Balaban J connectivity index is 1.61. The van der Waals surface area contributed by atoms with Crippen LogP contribution in [0, 0.1) is 0 Å². The Kier molecular flexibility index (Phi) is 3.92. The summed E-state index contributed by atoms with van der Waals surface area (Å²) in [4.78, 5) is 18.8. The molecule has 3 rings (SSSR count). The lowest BCUT2D eigenvalue weighted by Gasteiger charge is -2.47. The molecule has 0 aliphatic carbocycles. The Morgan fingerprint density at radius 3 is 2.70 bits per heavy atom. The van der Waals surface area contributed by atoms with Gasteiger partial charge in [0.25, 0.3) is 0 Å². The molecule has 2 aliphatic rings. The molecule has 0 spiro atoms. The van der Waals surface area contributed by atoms with Gasteiger partial charge in [-0.1, -0.05) is 30.3 Å². The summed E-state index contributed by atoms with van der Waals surface area (Å²) in [5.74, 6) is 0. The zero-order chi connectivity index (χ0) is 13.9. The van der Waals surface area contributed by atoms with Gasteiger partial charge in [-0.2, -0.15) is 0 Å². The van der Waals surface area contributed by atoms with Gasteiger partial charge in [0, 0.05) is 45.3 Å². The average molecular weight is 273 g/mol. The summed E-state index contributed by atoms with van der Waals surface area (Å²) < 4.78 is 0. The maximum absolute atomic E-state index is 12.3. The molecule has 0 aromatic heterocycles. The number of hydrogen-bond donors (Lipinski definition) is 0. The zero-order valence-corrected chi connectivity index (χ0v) is 12.2. The molecule has 0 saturated carbocycles. The summed E-state index contributed by atoms with van der Waals surface area (Å²) >= 11 is 0. The van der Waals surface area contributed by atoms with Gasteiger partial charge in [0.1, 0.15) is 0 Å². The van der Waals surface area contributed by atoms with Crippen LogP contribution in [0.1, 0.15) is 18.9 Å². The fourth-order valence-electron chi connectivity index (χ4n) is 3.28. The van der Waals surface area contributed by atoms with Crippen LogP contribution in [0.4, 0.5) is 4.79 Å². The molecule has 4 nitrogen and oxygen atoms in total. The fraction of sp³-hybridized carbons (Fsp3) is 0.562. The van der Waals surface area contributed by atoms with Gasteiger partial charge in [-0.3, -0.25) is 4.90 Å². The third kappa shape index (κ3) is 2.66. The molecule has 4 heteroatoms. The SMILES string of the molecule is CCN1CC[C@@H]2CN(Cc3ccccc3)CCN2C1=O. The number of nitrogens with zero attached hydrogens (tertiary/aromatic N) is 3. The van der Waals surface area contributed by atoms with Gasteiger partial charge < -0.3 is 9.80 Å². The van der Waals surface area contributed by atoms with Crippen LogP contribution in [0.5, 0.6) is 0 Å². The molecule has 1 aromatic rings. The molecule has 0 radical (unpaired) electrons. The van der Waals surface area contributed by atoms with Gasteiger partial charge in [0.05, 0.1) is 0 Å². The number of carbonyl (C=O) groups is 1. The third-order valence-corrected chi connectivity index (χ3v) is 4.45. The van der Waals surface area contributed by atoms with Gasteiger partial charge >= 0.3 is 6.03 Å². The van der Waals surface area contributed by atoms with E-state index in [1.54, 1.807) is 0 Å². The van der Waals surface area contributed by atoms with Crippen LogP contribution in [0.3, 0.4) is 0 Å². The molecule has 108 valence electrons. The Hall–Kier alpha value is -1.55. The second-order valence-electron chi connectivity index (χ2n) is 5.72. The van der Waals surface area contributed by atoms with Gasteiger partial charge in [0.2, 0.25) is 0 Å². The second-order valence-corrected chi connectivity index (χ2v) is 5.72. The smallest absolute Gasteiger partial charge is 0.320 e. The first kappa shape index (κ1) is 13.4. The number of fused-ring (bicyclic) bond motifs is 1. The highest BCUT2D eigenvalue weighted by atomic mass is 16.2. The summed E-state index contributed by atoms with van der Waals surface area (Å²) in [5, 5.41) is 0. The minimum absolute atomic E-state index is 0.239. The molecule has 2 aliphatic heterocycles. The minimum atomic E-state index is 0.239. The van der Waals surface area contributed by atoms with Crippen molar-refractivity contribution in [3.05, 3.63) is 35.9 Å². The van der Waals surface area contributed by atoms with Crippen molar-refractivity contribution in [3.8, 4) is 0 Å². The summed E-state index contributed by atoms with van der Waals surface area (Å²) in [6.45, 7) is 7.66. The molecule has 2 fully saturated rings. The number of urea groups is 1. The molecule has 1 atom stereocenters. The molecule has 1 aromatic carbocycles. The molecule has 2 amide bonds. The standard InChI is InChI=1S/C16H23N3O/c1-2-18-9-8-15-13-17(10-11-19(15)16(18)20)12-14-6-4-3-5-7-14/h3-7,15H,2,8-13H2,1H3/t15-/m1/s1. The van der Waals surface area contributed by atoms with Crippen LogP contribution in [0.15, 0.2) is 30.3 Å². The van der Waals surface area contributed by atoms with Gasteiger partial charge in [-0.25, -0.2) is 4.79 Å². The van der Waals surface area contributed by atoms with Crippen LogP contribution in [-0.2, 0) is 6.54 Å². The number of hydrogen-bond acceptors (Lipinski definition) is 2. The highest BCUT2D eigenvalue weighted by Crippen LogP contribution is 2.21. The van der Waals surface area contributed by atoms with E-state index in [1.807, 2.05) is 4.90 Å². The van der Waals surface area contributed by atoms with Crippen molar-refractivity contribution < 1.29 is 4.79 Å². The summed E-state index contributed by atoms with van der Waals surface area (Å²) in [7, 11) is 0. The van der Waals surface area contributed by atoms with E-state index < -0.39 is 0 Å². The maximum atomic E-state index is 12.3. The molecule has 2 heterocycles. The quantitative estimate of drug-likeness (QED) is 0.842. The minimum Gasteiger partial charge on any atom is -0.325 e. The summed E-state index contributed by atoms with van der Waals surface area (Å²) in [6.07, 6.45) is 1.10. The van der Waals surface area contributed by atoms with Crippen LogP contribution in [-0.4, -0.2) is 59.5 Å². The van der Waals surface area contributed by atoms with E-state index in [2.05, 4.69) is 47.1 Å². The van der Waals surface area contributed by atoms with Crippen LogP contribution >= 0.6 is 0 Å². The summed E-state index contributed by atoms with van der Waals surface area (Å²) in [6, 6.07) is 11.2. The largest absolute Gasteiger partial charge is 0.325 e. The van der Waals surface area contributed by atoms with Crippen molar-refractivity contribution in [2.24, 2.45) is 0 Å². The van der Waals surface area contributed by atoms with E-state index in [0.717, 1.165) is 45.7 Å². The molecule has 0 unspecified atom stereocenters. The molecule has 2 saturated heterocycles. The lowest BCUT2D eigenvalue weighted by molar-refractivity contribution is 0.0428. The van der Waals surface area contributed by atoms with Crippen LogP contribution < -0.4 is 0 Å². The maximum Gasteiger partial charge on any atom is 0.320 e. The summed E-state index contributed by atoms with van der Waals surface area (Å²) in [5.41, 5.74) is 1.36. The normalized spacial score (nSPS) is 23.9. The lowest BCUT2D eigenvalue weighted by atomic mass is 10.0. The van der Waals surface area contributed by atoms with Crippen molar-refractivity contribution in [2.75, 3.05) is 32.7 Å². The predicted octanol–water partition coefficient (Wildman–Crippen LogP) is 2.02. The Bertz CT molecular complexity index is 462. The number of benzene rings is 1. The van der Waals surface area contributed by atoms with E-state index in [1.165, 1.54) is 5.56 Å². The highest BCUT2D eigenvalue weighted by molar-refractivity contribution is 5.75. The molecule has 20 heavy (non-hydrogen) atoms. The van der Waals surface area contributed by atoms with E-state index in [4.69, 9.17) is 0 Å². The van der Waals surface area contributed by atoms with Crippen LogP contribution in [0.2, 0.25) is 0 Å². The Labute approximate surface area is 121 Å². The Morgan fingerprint density at radius 1 is 1.15 bits per heavy atom. The van der Waals surface area contributed by atoms with E-state index in [-0.39, 0.29) is 6.03 Å². The number of rotatable bonds is 3. The second kappa shape index (κ2) is 5.83. The lowest BCUT2D eigenvalue weighted by Crippen LogP contribution is -2.62. The number of carbonyl (C=O) groups excluding carboxylic acids is 1. The fourth-order valence-corrected chi connectivity index (χ4v) is 3.28. The van der Waals surface area contributed by atoms with Crippen molar-refractivity contribution >= 4 is 6.03 Å². The van der Waals surface area contributed by atoms with Crippen LogP contribution in [0.25, 0.3) is 0 Å². The first-order valence-corrected chi connectivity index (χ1v) is 7.59. The molecular formula is C16H23N3O. The zero-order valence-electron chi connectivity index (χ0n) is 12.2. The van der Waals surface area contributed by atoms with E-state index in [0.29, 0.717) is 6.04 Å². The van der Waals surface area contributed by atoms with Crippen molar-refractivity contribution in [1.82, 2.24) is 14.7 Å². The monoisotopic (exact) mass is 273 g/mol. The first-order chi connectivity index (χ1) is 9.78. The van der Waals surface area contributed by atoms with Crippen molar-refractivity contribution in [2.45, 2.75) is 25.9 Å². The van der Waals surface area contributed by atoms with Gasteiger partial charge in [-0.05, 0) is 18.9 Å². The van der Waals surface area contributed by atoms with E-state index >= 15 is 0 Å². The Morgan fingerprint density at radius 2 is 1.95 bits per heavy atom. The molecule has 0 N–H and O–H groups in total. The van der Waals surface area contributed by atoms with Crippen molar-refractivity contribution in [3.63, 3.8) is 0 Å². The van der Waals surface area contributed by atoms with Gasteiger partial charge in [0.15, 0.2) is 0 Å². The molecule has 0 bridgehead atoms. The topological polar surface area (TPSA) is 26.8 Å². The first-order valence-electron chi connectivity index (χ1n) is 7.59. The predicted molar refractivity (Wildman–Crippen MR) is 79.5 cm³/mol. The third-order valence-electron chi connectivity index (χ3n) is 4.45. The van der Waals surface area contributed by atoms with Gasteiger partial charge in [-0.15, -0.1) is 0 Å². The van der Waals surface area contributed by atoms with Crippen molar-refractivity contribution in [1.29, 1.82) is 0 Å². The average Bonchev–Trinajstić information content (AvgIpc) is 2.49. The molecular weight excluding hydrogens is 250 g/mol. The van der Waals surface area contributed by atoms with E-state index in [9.17, 15) is 4.79 Å². The highest BCUT2D eigenvalue weighted by Gasteiger charge is 2.36. The number of piperazine rings is 1. The number of amides is 2.